The summed E-state index contributed by atoms with van der Waals surface area (Å²) in [4.78, 5) is 24.5. The number of hydrogen-bond donors (Lipinski definition) is 0. The highest BCUT2D eigenvalue weighted by Gasteiger charge is 2.33. The van der Waals surface area contributed by atoms with Gasteiger partial charge in [-0.1, -0.05) is 29.8 Å². The highest BCUT2D eigenvalue weighted by atomic mass is 35.5. The number of carbonyl (C=O) groups excluding carboxylic acids is 1. The fraction of sp³-hybridized carbons (Fsp3) is 0.455. The lowest BCUT2D eigenvalue weighted by molar-refractivity contribution is -0.141. The van der Waals surface area contributed by atoms with Gasteiger partial charge in [0.25, 0.3) is 0 Å². The summed E-state index contributed by atoms with van der Waals surface area (Å²) < 4.78 is 5.50. The molecule has 2 aliphatic rings. The molecule has 0 spiro atoms. The average Bonchev–Trinajstić information content (AvgIpc) is 2.77. The molecule has 0 unspecified atom stereocenters. The summed E-state index contributed by atoms with van der Waals surface area (Å²) >= 11 is 6.07. The molecule has 1 aromatic carbocycles. The van der Waals surface area contributed by atoms with Crippen LogP contribution in [0.3, 0.4) is 0 Å². The summed E-state index contributed by atoms with van der Waals surface area (Å²) in [5, 5.41) is 0.685. The number of carbonyl (C=O) groups is 1. The van der Waals surface area contributed by atoms with Gasteiger partial charge in [-0.3, -0.25) is 19.6 Å². The largest absolute Gasteiger partial charge is 0.379 e. The normalized spacial score (nSPS) is 19.8. The number of piperazine rings is 1. The first-order chi connectivity index (χ1) is 14.2. The minimum absolute atomic E-state index is 0.173. The molecular formula is C22H27ClN4O2. The Morgan fingerprint density at radius 2 is 1.72 bits per heavy atom. The third-order valence-corrected chi connectivity index (χ3v) is 5.88. The van der Waals surface area contributed by atoms with Crippen LogP contribution in [0.5, 0.6) is 0 Å². The molecule has 2 aliphatic heterocycles. The monoisotopic (exact) mass is 414 g/mol. The van der Waals surface area contributed by atoms with Gasteiger partial charge in [0.2, 0.25) is 5.91 Å². The molecule has 1 amide bonds. The number of nitrogens with zero attached hydrogens (tertiary/aromatic N) is 4. The van der Waals surface area contributed by atoms with E-state index in [4.69, 9.17) is 16.3 Å². The zero-order valence-electron chi connectivity index (χ0n) is 16.5. The molecule has 2 aromatic rings. The van der Waals surface area contributed by atoms with Crippen molar-refractivity contribution in [3.8, 4) is 0 Å². The molecule has 1 atom stereocenters. The van der Waals surface area contributed by atoms with Gasteiger partial charge >= 0.3 is 0 Å². The number of amides is 1. The van der Waals surface area contributed by atoms with Crippen LogP contribution in [0.1, 0.15) is 17.3 Å². The third kappa shape index (κ3) is 5.14. The van der Waals surface area contributed by atoms with Gasteiger partial charge in [0.15, 0.2) is 0 Å². The van der Waals surface area contributed by atoms with Crippen molar-refractivity contribution in [3.63, 3.8) is 0 Å². The van der Waals surface area contributed by atoms with E-state index < -0.39 is 0 Å². The predicted octanol–water partition coefficient (Wildman–Crippen LogP) is 2.45. The molecule has 0 radical (unpaired) electrons. The molecular weight excluding hydrogens is 388 g/mol. The Morgan fingerprint density at radius 3 is 2.38 bits per heavy atom. The van der Waals surface area contributed by atoms with Gasteiger partial charge in [-0.2, -0.15) is 0 Å². The first kappa shape index (κ1) is 20.3. The molecule has 2 fully saturated rings. The van der Waals surface area contributed by atoms with Crippen molar-refractivity contribution in [1.82, 2.24) is 19.7 Å². The second-order valence-electron chi connectivity index (χ2n) is 7.52. The number of pyridine rings is 1. The van der Waals surface area contributed by atoms with Crippen molar-refractivity contribution in [3.05, 3.63) is 64.9 Å². The highest BCUT2D eigenvalue weighted by molar-refractivity contribution is 6.30. The smallest absolute Gasteiger partial charge is 0.244 e. The number of halogens is 1. The standard InChI is InChI=1S/C22H27ClN4O2/c23-19-6-4-18(5-7-19)21(26-13-15-29-16-14-26)22(28)27-11-9-25(10-12-27)17-20-3-1-2-8-24-20/h1-8,21H,9-17H2/t21-/m1/s1. The lowest BCUT2D eigenvalue weighted by Gasteiger charge is -2.40. The van der Waals surface area contributed by atoms with Gasteiger partial charge in [0.05, 0.1) is 18.9 Å². The maximum Gasteiger partial charge on any atom is 0.244 e. The van der Waals surface area contributed by atoms with Crippen molar-refractivity contribution in [2.45, 2.75) is 12.6 Å². The molecule has 29 heavy (non-hydrogen) atoms. The first-order valence-corrected chi connectivity index (χ1v) is 10.6. The topological polar surface area (TPSA) is 48.9 Å². The van der Waals surface area contributed by atoms with E-state index in [1.807, 2.05) is 53.6 Å². The number of benzene rings is 1. The maximum absolute atomic E-state index is 13.5. The minimum Gasteiger partial charge on any atom is -0.379 e. The number of morpholine rings is 1. The minimum atomic E-state index is -0.279. The number of hydrogen-bond acceptors (Lipinski definition) is 5. The average molecular weight is 415 g/mol. The molecule has 7 heteroatoms. The summed E-state index contributed by atoms with van der Waals surface area (Å²) in [6.45, 7) is 6.87. The lowest BCUT2D eigenvalue weighted by Crippen LogP contribution is -2.53. The molecule has 4 rings (SSSR count). The molecule has 0 N–H and O–H groups in total. The van der Waals surface area contributed by atoms with Crippen LogP contribution in [0.2, 0.25) is 5.02 Å². The van der Waals surface area contributed by atoms with Crippen LogP contribution in [-0.4, -0.2) is 78.1 Å². The molecule has 3 heterocycles. The van der Waals surface area contributed by atoms with Gasteiger partial charge in [-0.15, -0.1) is 0 Å². The van der Waals surface area contributed by atoms with Crippen molar-refractivity contribution >= 4 is 17.5 Å². The van der Waals surface area contributed by atoms with Crippen LogP contribution >= 0.6 is 11.6 Å². The maximum atomic E-state index is 13.5. The molecule has 154 valence electrons. The fourth-order valence-corrected chi connectivity index (χ4v) is 4.14. The van der Waals surface area contributed by atoms with Crippen LogP contribution in [-0.2, 0) is 16.1 Å². The summed E-state index contributed by atoms with van der Waals surface area (Å²) in [5.41, 5.74) is 2.07. The van der Waals surface area contributed by atoms with E-state index in [0.717, 1.165) is 57.1 Å². The number of ether oxygens (including phenoxy) is 1. The Bertz CT molecular complexity index is 788. The van der Waals surface area contributed by atoms with Crippen molar-refractivity contribution < 1.29 is 9.53 Å². The Morgan fingerprint density at radius 1 is 1.00 bits per heavy atom. The zero-order valence-corrected chi connectivity index (χ0v) is 17.3. The van der Waals surface area contributed by atoms with Crippen LogP contribution in [0, 0.1) is 0 Å². The van der Waals surface area contributed by atoms with Gasteiger partial charge in [-0.25, -0.2) is 0 Å². The van der Waals surface area contributed by atoms with Gasteiger partial charge < -0.3 is 9.64 Å². The van der Waals surface area contributed by atoms with E-state index in [1.165, 1.54) is 0 Å². The van der Waals surface area contributed by atoms with E-state index in [-0.39, 0.29) is 11.9 Å². The molecule has 2 saturated heterocycles. The Balaban J connectivity index is 1.43. The Hall–Kier alpha value is -1.99. The van der Waals surface area contributed by atoms with E-state index in [2.05, 4.69) is 14.8 Å². The molecule has 0 bridgehead atoms. The third-order valence-electron chi connectivity index (χ3n) is 5.63. The quantitative estimate of drug-likeness (QED) is 0.752. The zero-order chi connectivity index (χ0) is 20.1. The summed E-state index contributed by atoms with van der Waals surface area (Å²) in [6, 6.07) is 13.4. The summed E-state index contributed by atoms with van der Waals surface area (Å²) in [6.07, 6.45) is 1.83. The van der Waals surface area contributed by atoms with E-state index in [0.29, 0.717) is 18.2 Å². The SMILES string of the molecule is O=C([C@@H](c1ccc(Cl)cc1)N1CCOCC1)N1CCN(Cc2ccccn2)CC1. The van der Waals surface area contributed by atoms with E-state index >= 15 is 0 Å². The fourth-order valence-electron chi connectivity index (χ4n) is 4.01. The van der Waals surface area contributed by atoms with Crippen LogP contribution < -0.4 is 0 Å². The van der Waals surface area contributed by atoms with Crippen LogP contribution in [0.4, 0.5) is 0 Å². The van der Waals surface area contributed by atoms with E-state index in [9.17, 15) is 4.79 Å². The van der Waals surface area contributed by atoms with Gasteiger partial charge in [-0.05, 0) is 29.8 Å². The van der Waals surface area contributed by atoms with Crippen molar-refractivity contribution in [1.29, 1.82) is 0 Å². The van der Waals surface area contributed by atoms with Crippen molar-refractivity contribution in [2.75, 3.05) is 52.5 Å². The van der Waals surface area contributed by atoms with Crippen LogP contribution in [0.25, 0.3) is 0 Å². The number of rotatable bonds is 5. The first-order valence-electron chi connectivity index (χ1n) is 10.2. The molecule has 0 aliphatic carbocycles. The van der Waals surface area contributed by atoms with Gasteiger partial charge in [0, 0.05) is 57.0 Å². The van der Waals surface area contributed by atoms with Crippen molar-refractivity contribution in [2.24, 2.45) is 0 Å². The Kier molecular flexibility index (Phi) is 6.77. The lowest BCUT2D eigenvalue weighted by atomic mass is 10.0. The van der Waals surface area contributed by atoms with Crippen LogP contribution in [0.15, 0.2) is 48.7 Å². The molecule has 6 nitrogen and oxygen atoms in total. The molecule has 1 aromatic heterocycles. The highest BCUT2D eigenvalue weighted by Crippen LogP contribution is 2.26. The molecule has 0 saturated carbocycles. The Labute approximate surface area is 177 Å². The number of aromatic nitrogens is 1. The predicted molar refractivity (Wildman–Crippen MR) is 113 cm³/mol. The summed E-state index contributed by atoms with van der Waals surface area (Å²) in [7, 11) is 0. The van der Waals surface area contributed by atoms with E-state index in [1.54, 1.807) is 0 Å². The summed E-state index contributed by atoms with van der Waals surface area (Å²) in [5.74, 6) is 0.173. The van der Waals surface area contributed by atoms with Gasteiger partial charge in [0.1, 0.15) is 6.04 Å². The second-order valence-corrected chi connectivity index (χ2v) is 7.96. The second kappa shape index (κ2) is 9.67.